The maximum atomic E-state index is 6.11. The first-order valence-electron chi connectivity index (χ1n) is 6.96. The van der Waals surface area contributed by atoms with E-state index in [0.29, 0.717) is 5.92 Å². The highest BCUT2D eigenvalue weighted by Crippen LogP contribution is 2.28. The summed E-state index contributed by atoms with van der Waals surface area (Å²) >= 11 is 0. The van der Waals surface area contributed by atoms with Crippen LogP contribution in [0, 0.1) is 6.92 Å². The van der Waals surface area contributed by atoms with Crippen LogP contribution in [0.1, 0.15) is 50.7 Å². The summed E-state index contributed by atoms with van der Waals surface area (Å²) in [5.41, 5.74) is 2.57. The summed E-state index contributed by atoms with van der Waals surface area (Å²) < 4.78 is 6.11. The van der Waals surface area contributed by atoms with Crippen LogP contribution in [0.3, 0.4) is 0 Å². The average molecular weight is 249 g/mol. The Morgan fingerprint density at radius 3 is 2.56 bits per heavy atom. The van der Waals surface area contributed by atoms with E-state index in [1.807, 2.05) is 7.05 Å². The molecular weight excluding hydrogens is 222 g/mol. The summed E-state index contributed by atoms with van der Waals surface area (Å²) in [6, 6.07) is 6.51. The molecule has 1 rings (SSSR count). The number of rotatable bonds is 7. The first kappa shape index (κ1) is 15.0. The van der Waals surface area contributed by atoms with Crippen molar-refractivity contribution in [2.45, 2.75) is 52.6 Å². The Balaban J connectivity index is 2.67. The molecule has 2 heteroatoms. The minimum absolute atomic E-state index is 0.276. The van der Waals surface area contributed by atoms with Crippen molar-refractivity contribution in [3.8, 4) is 5.75 Å². The maximum absolute atomic E-state index is 6.11. The van der Waals surface area contributed by atoms with Gasteiger partial charge in [-0.3, -0.25) is 0 Å². The quantitative estimate of drug-likeness (QED) is 0.740. The van der Waals surface area contributed by atoms with Crippen LogP contribution in [0.5, 0.6) is 5.75 Å². The standard InChI is InChI=1S/C16H27NO/c1-12(2)15-9-8-13(3)11-16(15)18-14(4)7-6-10-17-5/h8-9,11-12,14,17H,6-7,10H2,1-5H3. The molecule has 1 aromatic carbocycles. The van der Waals surface area contributed by atoms with Gasteiger partial charge in [0, 0.05) is 0 Å². The van der Waals surface area contributed by atoms with Crippen molar-refractivity contribution in [1.82, 2.24) is 5.32 Å². The summed E-state index contributed by atoms with van der Waals surface area (Å²) in [6.07, 6.45) is 2.52. The van der Waals surface area contributed by atoms with Gasteiger partial charge < -0.3 is 10.1 Å². The van der Waals surface area contributed by atoms with Gasteiger partial charge in [0.15, 0.2) is 0 Å². The third kappa shape index (κ3) is 4.69. The van der Waals surface area contributed by atoms with Gasteiger partial charge in [-0.1, -0.05) is 26.0 Å². The zero-order valence-corrected chi connectivity index (χ0v) is 12.4. The number of nitrogens with one attached hydrogen (secondary N) is 1. The number of ether oxygens (including phenoxy) is 1. The van der Waals surface area contributed by atoms with Crippen molar-refractivity contribution in [3.63, 3.8) is 0 Å². The highest BCUT2D eigenvalue weighted by Gasteiger charge is 2.11. The highest BCUT2D eigenvalue weighted by atomic mass is 16.5. The lowest BCUT2D eigenvalue weighted by Crippen LogP contribution is -2.16. The SMILES string of the molecule is CNCCCC(C)Oc1cc(C)ccc1C(C)C. The molecule has 0 spiro atoms. The van der Waals surface area contributed by atoms with E-state index in [-0.39, 0.29) is 6.10 Å². The molecule has 2 nitrogen and oxygen atoms in total. The fraction of sp³-hybridized carbons (Fsp3) is 0.625. The molecule has 0 aromatic heterocycles. The predicted octanol–water partition coefficient (Wildman–Crippen LogP) is 3.89. The van der Waals surface area contributed by atoms with Crippen LogP contribution in [0.4, 0.5) is 0 Å². The number of aryl methyl sites for hydroxylation is 1. The lowest BCUT2D eigenvalue weighted by Gasteiger charge is -2.19. The van der Waals surface area contributed by atoms with Gasteiger partial charge in [0.25, 0.3) is 0 Å². The van der Waals surface area contributed by atoms with Crippen LogP contribution in [-0.4, -0.2) is 19.7 Å². The molecule has 1 aromatic rings. The molecule has 0 bridgehead atoms. The van der Waals surface area contributed by atoms with E-state index in [1.54, 1.807) is 0 Å². The summed E-state index contributed by atoms with van der Waals surface area (Å²) in [5.74, 6) is 1.56. The van der Waals surface area contributed by atoms with Crippen molar-refractivity contribution in [2.24, 2.45) is 0 Å². The molecule has 1 atom stereocenters. The molecule has 1 unspecified atom stereocenters. The van der Waals surface area contributed by atoms with Gasteiger partial charge in [0.05, 0.1) is 6.10 Å². The van der Waals surface area contributed by atoms with Crippen LogP contribution < -0.4 is 10.1 Å². The van der Waals surface area contributed by atoms with Crippen molar-refractivity contribution in [1.29, 1.82) is 0 Å². The molecule has 0 saturated heterocycles. The van der Waals surface area contributed by atoms with Crippen molar-refractivity contribution in [3.05, 3.63) is 29.3 Å². The largest absolute Gasteiger partial charge is 0.490 e. The number of benzene rings is 1. The van der Waals surface area contributed by atoms with Crippen LogP contribution in [0.15, 0.2) is 18.2 Å². The molecule has 0 amide bonds. The summed E-state index contributed by atoms with van der Waals surface area (Å²) in [6.45, 7) is 9.75. The van der Waals surface area contributed by atoms with Crippen LogP contribution in [0.2, 0.25) is 0 Å². The van der Waals surface area contributed by atoms with Gasteiger partial charge >= 0.3 is 0 Å². The zero-order valence-electron chi connectivity index (χ0n) is 12.4. The molecule has 0 heterocycles. The fourth-order valence-corrected chi connectivity index (χ4v) is 2.06. The zero-order chi connectivity index (χ0) is 13.5. The minimum Gasteiger partial charge on any atom is -0.490 e. The smallest absolute Gasteiger partial charge is 0.123 e. The van der Waals surface area contributed by atoms with E-state index in [1.165, 1.54) is 11.1 Å². The van der Waals surface area contributed by atoms with Crippen LogP contribution in [-0.2, 0) is 0 Å². The normalized spacial score (nSPS) is 12.8. The third-order valence-electron chi connectivity index (χ3n) is 3.16. The highest BCUT2D eigenvalue weighted by molar-refractivity contribution is 5.39. The molecule has 102 valence electrons. The Morgan fingerprint density at radius 1 is 1.22 bits per heavy atom. The monoisotopic (exact) mass is 249 g/mol. The van der Waals surface area contributed by atoms with E-state index >= 15 is 0 Å². The molecule has 0 radical (unpaired) electrons. The molecule has 0 fully saturated rings. The second-order valence-corrected chi connectivity index (χ2v) is 5.37. The maximum Gasteiger partial charge on any atom is 0.123 e. The van der Waals surface area contributed by atoms with Crippen LogP contribution in [0.25, 0.3) is 0 Å². The van der Waals surface area contributed by atoms with E-state index in [2.05, 4.69) is 51.2 Å². The van der Waals surface area contributed by atoms with Crippen molar-refractivity contribution >= 4 is 0 Å². The first-order chi connectivity index (χ1) is 8.54. The second-order valence-electron chi connectivity index (χ2n) is 5.37. The van der Waals surface area contributed by atoms with Crippen molar-refractivity contribution in [2.75, 3.05) is 13.6 Å². The van der Waals surface area contributed by atoms with Gasteiger partial charge in [0.2, 0.25) is 0 Å². The Morgan fingerprint density at radius 2 is 1.94 bits per heavy atom. The summed E-state index contributed by atoms with van der Waals surface area (Å²) in [4.78, 5) is 0. The first-order valence-corrected chi connectivity index (χ1v) is 6.96. The van der Waals surface area contributed by atoms with Gasteiger partial charge in [-0.15, -0.1) is 0 Å². The molecule has 18 heavy (non-hydrogen) atoms. The molecule has 1 N–H and O–H groups in total. The number of hydrogen-bond acceptors (Lipinski definition) is 2. The predicted molar refractivity (Wildman–Crippen MR) is 78.5 cm³/mol. The summed E-state index contributed by atoms with van der Waals surface area (Å²) in [7, 11) is 1.99. The van der Waals surface area contributed by atoms with Gasteiger partial charge in [-0.2, -0.15) is 0 Å². The number of hydrogen-bond donors (Lipinski definition) is 1. The molecule has 0 aliphatic rings. The van der Waals surface area contributed by atoms with E-state index in [9.17, 15) is 0 Å². The van der Waals surface area contributed by atoms with E-state index in [0.717, 1.165) is 25.1 Å². The molecule has 0 aliphatic heterocycles. The van der Waals surface area contributed by atoms with E-state index < -0.39 is 0 Å². The van der Waals surface area contributed by atoms with Gasteiger partial charge in [-0.25, -0.2) is 0 Å². The summed E-state index contributed by atoms with van der Waals surface area (Å²) in [5, 5.41) is 3.17. The average Bonchev–Trinajstić information content (AvgIpc) is 2.29. The van der Waals surface area contributed by atoms with Gasteiger partial charge in [-0.05, 0) is 63.4 Å². The Kier molecular flexibility index (Phi) is 6.20. The molecule has 0 saturated carbocycles. The lowest BCUT2D eigenvalue weighted by molar-refractivity contribution is 0.205. The minimum atomic E-state index is 0.276. The van der Waals surface area contributed by atoms with Gasteiger partial charge in [0.1, 0.15) is 5.75 Å². The Hall–Kier alpha value is -1.02. The van der Waals surface area contributed by atoms with Crippen LogP contribution >= 0.6 is 0 Å². The topological polar surface area (TPSA) is 21.3 Å². The third-order valence-corrected chi connectivity index (χ3v) is 3.16. The molecular formula is C16H27NO. The van der Waals surface area contributed by atoms with Crippen molar-refractivity contribution < 1.29 is 4.74 Å². The second kappa shape index (κ2) is 7.42. The fourth-order valence-electron chi connectivity index (χ4n) is 2.06. The Bertz CT molecular complexity index is 360. The Labute approximate surface area is 112 Å². The van der Waals surface area contributed by atoms with E-state index in [4.69, 9.17) is 4.74 Å². The lowest BCUT2D eigenvalue weighted by atomic mass is 10.0. The molecule has 0 aliphatic carbocycles.